The molecule has 0 saturated carbocycles. The summed E-state index contributed by atoms with van der Waals surface area (Å²) in [4.78, 5) is 0.194. The Hall–Kier alpha value is -2.05. The molecule has 0 atom stereocenters. The third-order valence-electron chi connectivity index (χ3n) is 3.05. The number of rotatable bonds is 4. The van der Waals surface area contributed by atoms with Crippen molar-refractivity contribution in [2.75, 3.05) is 10.1 Å². The van der Waals surface area contributed by atoms with Crippen LogP contribution in [-0.4, -0.2) is 8.42 Å². The first-order chi connectivity index (χ1) is 9.44. The van der Waals surface area contributed by atoms with Crippen molar-refractivity contribution in [3.05, 3.63) is 53.6 Å². The second-order valence-electron chi connectivity index (χ2n) is 4.54. The SMILES string of the molecule is Cc1cccc(C)c1NS(=O)(=O)c1ccc(NN)cc1. The predicted molar refractivity (Wildman–Crippen MR) is 81.0 cm³/mol. The molecule has 0 spiro atoms. The second-order valence-corrected chi connectivity index (χ2v) is 6.22. The number of sulfonamides is 1. The van der Waals surface area contributed by atoms with E-state index in [9.17, 15) is 8.42 Å². The molecule has 2 rings (SSSR count). The summed E-state index contributed by atoms with van der Waals surface area (Å²) < 4.78 is 27.3. The summed E-state index contributed by atoms with van der Waals surface area (Å²) in [6.07, 6.45) is 0. The van der Waals surface area contributed by atoms with Crippen molar-refractivity contribution in [1.82, 2.24) is 0 Å². The number of para-hydroxylation sites is 1. The maximum Gasteiger partial charge on any atom is 0.261 e. The van der Waals surface area contributed by atoms with Crippen molar-refractivity contribution in [1.29, 1.82) is 0 Å². The summed E-state index contributed by atoms with van der Waals surface area (Å²) in [7, 11) is -3.60. The van der Waals surface area contributed by atoms with Crippen LogP contribution in [0.5, 0.6) is 0 Å². The van der Waals surface area contributed by atoms with Crippen LogP contribution in [0.15, 0.2) is 47.4 Å². The highest BCUT2D eigenvalue weighted by Gasteiger charge is 2.16. The highest BCUT2D eigenvalue weighted by atomic mass is 32.2. The van der Waals surface area contributed by atoms with Gasteiger partial charge in [0.25, 0.3) is 10.0 Å². The van der Waals surface area contributed by atoms with Crippen LogP contribution in [0.25, 0.3) is 0 Å². The molecule has 20 heavy (non-hydrogen) atoms. The Kier molecular flexibility index (Phi) is 3.96. The van der Waals surface area contributed by atoms with E-state index in [0.717, 1.165) is 11.1 Å². The number of nitrogens with two attached hydrogens (primary N) is 1. The third-order valence-corrected chi connectivity index (χ3v) is 4.41. The number of hydrogen-bond acceptors (Lipinski definition) is 4. The third kappa shape index (κ3) is 2.92. The van der Waals surface area contributed by atoms with E-state index in [2.05, 4.69) is 10.1 Å². The predicted octanol–water partition coefficient (Wildman–Crippen LogP) is 2.39. The largest absolute Gasteiger partial charge is 0.324 e. The summed E-state index contributed by atoms with van der Waals surface area (Å²) in [5, 5.41) is 0. The molecule has 2 aromatic rings. The lowest BCUT2D eigenvalue weighted by Crippen LogP contribution is -2.15. The fourth-order valence-electron chi connectivity index (χ4n) is 1.90. The van der Waals surface area contributed by atoms with Gasteiger partial charge in [-0.2, -0.15) is 0 Å². The average molecular weight is 291 g/mol. The molecule has 0 saturated heterocycles. The number of nitrogens with one attached hydrogen (secondary N) is 2. The lowest BCUT2D eigenvalue weighted by Gasteiger charge is -2.13. The number of anilines is 2. The molecule has 0 radical (unpaired) electrons. The van der Waals surface area contributed by atoms with Gasteiger partial charge in [0, 0.05) is 5.69 Å². The van der Waals surface area contributed by atoms with Gasteiger partial charge in [0.05, 0.1) is 10.6 Å². The van der Waals surface area contributed by atoms with Crippen molar-refractivity contribution in [3.8, 4) is 0 Å². The van der Waals surface area contributed by atoms with Gasteiger partial charge in [-0.1, -0.05) is 18.2 Å². The molecule has 0 aliphatic carbocycles. The Balaban J connectivity index is 2.35. The molecule has 0 amide bonds. The van der Waals surface area contributed by atoms with Crippen molar-refractivity contribution in [2.45, 2.75) is 18.7 Å². The maximum absolute atomic E-state index is 12.3. The molecule has 2 aromatic carbocycles. The van der Waals surface area contributed by atoms with Crippen molar-refractivity contribution in [2.24, 2.45) is 5.84 Å². The smallest absolute Gasteiger partial charge is 0.261 e. The Bertz CT molecular complexity index is 689. The monoisotopic (exact) mass is 291 g/mol. The normalized spacial score (nSPS) is 11.2. The summed E-state index contributed by atoms with van der Waals surface area (Å²) in [6, 6.07) is 11.9. The van der Waals surface area contributed by atoms with E-state index in [1.165, 1.54) is 12.1 Å². The Morgan fingerprint density at radius 1 is 0.950 bits per heavy atom. The number of hydrazine groups is 1. The van der Waals surface area contributed by atoms with Crippen molar-refractivity contribution < 1.29 is 8.42 Å². The van der Waals surface area contributed by atoms with E-state index in [1.54, 1.807) is 12.1 Å². The Morgan fingerprint density at radius 3 is 2.00 bits per heavy atom. The van der Waals surface area contributed by atoms with Gasteiger partial charge in [0.2, 0.25) is 0 Å². The van der Waals surface area contributed by atoms with E-state index in [-0.39, 0.29) is 4.90 Å². The fourth-order valence-corrected chi connectivity index (χ4v) is 3.10. The van der Waals surface area contributed by atoms with Gasteiger partial charge in [0.1, 0.15) is 0 Å². The number of hydrogen-bond donors (Lipinski definition) is 3. The lowest BCUT2D eigenvalue weighted by molar-refractivity contribution is 0.601. The first-order valence-electron chi connectivity index (χ1n) is 6.10. The molecule has 0 fully saturated rings. The minimum absolute atomic E-state index is 0.194. The Morgan fingerprint density at radius 2 is 1.50 bits per heavy atom. The minimum atomic E-state index is -3.60. The summed E-state index contributed by atoms with van der Waals surface area (Å²) >= 11 is 0. The van der Waals surface area contributed by atoms with Crippen LogP contribution in [0.1, 0.15) is 11.1 Å². The zero-order chi connectivity index (χ0) is 14.8. The van der Waals surface area contributed by atoms with E-state index in [4.69, 9.17) is 5.84 Å². The van der Waals surface area contributed by atoms with Gasteiger partial charge in [-0.05, 0) is 49.2 Å². The highest BCUT2D eigenvalue weighted by molar-refractivity contribution is 7.92. The molecule has 0 aromatic heterocycles. The lowest BCUT2D eigenvalue weighted by atomic mass is 10.1. The van der Waals surface area contributed by atoms with Gasteiger partial charge in [-0.3, -0.25) is 10.6 Å². The zero-order valence-corrected chi connectivity index (χ0v) is 12.2. The van der Waals surface area contributed by atoms with Crippen LogP contribution in [0, 0.1) is 13.8 Å². The number of nitrogen functional groups attached to an aromatic ring is 1. The molecule has 0 heterocycles. The topological polar surface area (TPSA) is 84.2 Å². The minimum Gasteiger partial charge on any atom is -0.324 e. The first-order valence-corrected chi connectivity index (χ1v) is 7.58. The standard InChI is InChI=1S/C14H17N3O2S/c1-10-4-3-5-11(2)14(10)17-20(18,19)13-8-6-12(16-15)7-9-13/h3-9,16-17H,15H2,1-2H3. The van der Waals surface area contributed by atoms with Crippen LogP contribution in [-0.2, 0) is 10.0 Å². The second kappa shape index (κ2) is 5.52. The number of benzene rings is 2. The van der Waals surface area contributed by atoms with E-state index in [1.807, 2.05) is 32.0 Å². The zero-order valence-electron chi connectivity index (χ0n) is 11.3. The molecule has 0 unspecified atom stereocenters. The molecular formula is C14H17N3O2S. The van der Waals surface area contributed by atoms with Gasteiger partial charge < -0.3 is 5.43 Å². The fraction of sp³-hybridized carbons (Fsp3) is 0.143. The van der Waals surface area contributed by atoms with Crippen LogP contribution in [0.4, 0.5) is 11.4 Å². The van der Waals surface area contributed by atoms with E-state index >= 15 is 0 Å². The van der Waals surface area contributed by atoms with Crippen molar-refractivity contribution >= 4 is 21.4 Å². The Labute approximate surface area is 118 Å². The summed E-state index contributed by atoms with van der Waals surface area (Å²) in [5.74, 6) is 5.26. The van der Waals surface area contributed by atoms with Crippen LogP contribution in [0.2, 0.25) is 0 Å². The van der Waals surface area contributed by atoms with Crippen LogP contribution in [0.3, 0.4) is 0 Å². The van der Waals surface area contributed by atoms with Crippen molar-refractivity contribution in [3.63, 3.8) is 0 Å². The van der Waals surface area contributed by atoms with E-state index < -0.39 is 10.0 Å². The van der Waals surface area contributed by atoms with Gasteiger partial charge in [-0.25, -0.2) is 8.42 Å². The highest BCUT2D eigenvalue weighted by Crippen LogP contribution is 2.23. The number of aryl methyl sites for hydroxylation is 2. The summed E-state index contributed by atoms with van der Waals surface area (Å²) in [5.41, 5.74) is 5.49. The maximum atomic E-state index is 12.3. The van der Waals surface area contributed by atoms with Crippen LogP contribution >= 0.6 is 0 Å². The quantitative estimate of drug-likeness (QED) is 0.596. The first kappa shape index (κ1) is 14.4. The van der Waals surface area contributed by atoms with Gasteiger partial charge in [-0.15, -0.1) is 0 Å². The molecule has 6 heteroatoms. The van der Waals surface area contributed by atoms with E-state index in [0.29, 0.717) is 11.4 Å². The molecule has 0 aliphatic heterocycles. The molecule has 4 N–H and O–H groups in total. The average Bonchev–Trinajstić information content (AvgIpc) is 2.43. The molecule has 0 aliphatic rings. The molecule has 5 nitrogen and oxygen atoms in total. The molecule has 0 bridgehead atoms. The van der Waals surface area contributed by atoms with Crippen LogP contribution < -0.4 is 16.0 Å². The summed E-state index contributed by atoms with van der Waals surface area (Å²) in [6.45, 7) is 3.73. The van der Waals surface area contributed by atoms with Gasteiger partial charge >= 0.3 is 0 Å². The van der Waals surface area contributed by atoms with Gasteiger partial charge in [0.15, 0.2) is 0 Å². The molecular weight excluding hydrogens is 274 g/mol. The molecule has 106 valence electrons.